The normalized spacial score (nSPS) is 17.6. The van der Waals surface area contributed by atoms with Gasteiger partial charge in [0.15, 0.2) is 0 Å². The van der Waals surface area contributed by atoms with Gasteiger partial charge in [-0.1, -0.05) is 12.1 Å². The van der Waals surface area contributed by atoms with Crippen LogP contribution in [0.2, 0.25) is 0 Å². The van der Waals surface area contributed by atoms with E-state index in [0.717, 1.165) is 13.0 Å². The predicted molar refractivity (Wildman–Crippen MR) is 111 cm³/mol. The fourth-order valence-electron chi connectivity index (χ4n) is 2.98. The first-order chi connectivity index (χ1) is 14.3. The lowest BCUT2D eigenvalue weighted by Gasteiger charge is -2.21. The van der Waals surface area contributed by atoms with E-state index in [4.69, 9.17) is 5.11 Å². The van der Waals surface area contributed by atoms with Crippen molar-refractivity contribution < 1.29 is 29.4 Å². The smallest absolute Gasteiger partial charge is 0.327 e. The molecule has 6 N–H and O–H groups in total. The number of aromatic hydroxyl groups is 1. The molecular weight excluding hydrogens is 412 g/mol. The Morgan fingerprint density at radius 1 is 1.13 bits per heavy atom. The van der Waals surface area contributed by atoms with E-state index in [-0.39, 0.29) is 29.9 Å². The van der Waals surface area contributed by atoms with Crippen LogP contribution in [-0.4, -0.2) is 70.9 Å². The number of carbonyl (C=O) groups is 4. The second-order valence-corrected chi connectivity index (χ2v) is 7.30. The molecule has 1 aliphatic rings. The number of amides is 3. The van der Waals surface area contributed by atoms with Crippen molar-refractivity contribution in [3.8, 4) is 5.75 Å². The van der Waals surface area contributed by atoms with E-state index in [1.54, 1.807) is 12.1 Å². The van der Waals surface area contributed by atoms with E-state index in [1.165, 1.54) is 12.1 Å². The number of phenols is 1. The second-order valence-electron chi connectivity index (χ2n) is 6.94. The van der Waals surface area contributed by atoms with Gasteiger partial charge in [-0.25, -0.2) is 4.79 Å². The molecule has 30 heavy (non-hydrogen) atoms. The summed E-state index contributed by atoms with van der Waals surface area (Å²) in [6, 6.07) is 3.72. The number of hydrogen-bond acceptors (Lipinski definition) is 7. The maximum Gasteiger partial charge on any atom is 0.327 e. The Bertz CT molecular complexity index is 767. The molecule has 1 aromatic rings. The topological polar surface area (TPSA) is 157 Å². The number of carbonyl (C=O) groups excluding carboxylic acids is 3. The van der Waals surface area contributed by atoms with Gasteiger partial charge in [-0.15, -0.1) is 0 Å². The molecule has 0 spiro atoms. The summed E-state index contributed by atoms with van der Waals surface area (Å²) >= 11 is 3.86. The Morgan fingerprint density at radius 2 is 1.83 bits per heavy atom. The minimum atomic E-state index is -1.23. The van der Waals surface area contributed by atoms with Gasteiger partial charge in [-0.2, -0.15) is 12.6 Å². The van der Waals surface area contributed by atoms with Gasteiger partial charge in [0.1, 0.15) is 17.8 Å². The van der Waals surface area contributed by atoms with E-state index in [2.05, 4.69) is 33.9 Å². The van der Waals surface area contributed by atoms with Crippen molar-refractivity contribution in [3.63, 3.8) is 0 Å². The van der Waals surface area contributed by atoms with E-state index in [0.29, 0.717) is 12.0 Å². The molecule has 1 heterocycles. The molecule has 0 aromatic heterocycles. The largest absolute Gasteiger partial charge is 0.508 e. The van der Waals surface area contributed by atoms with Crippen LogP contribution in [0, 0.1) is 0 Å². The highest BCUT2D eigenvalue weighted by molar-refractivity contribution is 7.80. The molecule has 0 aliphatic carbocycles. The van der Waals surface area contributed by atoms with E-state index in [1.807, 2.05) is 0 Å². The third kappa shape index (κ3) is 7.23. The van der Waals surface area contributed by atoms with Gasteiger partial charge in [0.25, 0.3) is 0 Å². The van der Waals surface area contributed by atoms with Gasteiger partial charge < -0.3 is 31.5 Å². The lowest BCUT2D eigenvalue weighted by molar-refractivity contribution is -0.141. The first-order valence-corrected chi connectivity index (χ1v) is 10.2. The Kier molecular flexibility index (Phi) is 8.93. The molecule has 164 valence electrons. The van der Waals surface area contributed by atoms with Crippen LogP contribution < -0.4 is 21.3 Å². The number of hydrogen-bond donors (Lipinski definition) is 7. The van der Waals surface area contributed by atoms with Gasteiger partial charge in [0, 0.05) is 12.2 Å². The predicted octanol–water partition coefficient (Wildman–Crippen LogP) is -1.21. The SMILES string of the molecule is O=C(CNC(=O)C(Cc1ccc(O)cc1)NC(=O)C1CCCN1)NC(CS)C(=O)O. The first-order valence-electron chi connectivity index (χ1n) is 9.52. The number of carboxylic acids is 1. The molecule has 3 atom stereocenters. The highest BCUT2D eigenvalue weighted by Gasteiger charge is 2.28. The molecular formula is C19H26N4O6S. The summed E-state index contributed by atoms with van der Waals surface area (Å²) < 4.78 is 0. The van der Waals surface area contributed by atoms with Gasteiger partial charge in [-0.05, 0) is 37.1 Å². The van der Waals surface area contributed by atoms with Crippen molar-refractivity contribution in [2.75, 3.05) is 18.8 Å². The Morgan fingerprint density at radius 3 is 2.40 bits per heavy atom. The minimum Gasteiger partial charge on any atom is -0.508 e. The van der Waals surface area contributed by atoms with Crippen LogP contribution in [-0.2, 0) is 25.6 Å². The Labute approximate surface area is 179 Å². The third-order valence-corrected chi connectivity index (χ3v) is 4.99. The van der Waals surface area contributed by atoms with Crippen LogP contribution in [0.5, 0.6) is 5.75 Å². The van der Waals surface area contributed by atoms with Crippen LogP contribution in [0.15, 0.2) is 24.3 Å². The fraction of sp³-hybridized carbons (Fsp3) is 0.474. The number of thiol groups is 1. The third-order valence-electron chi connectivity index (χ3n) is 4.63. The average Bonchev–Trinajstić information content (AvgIpc) is 3.26. The zero-order valence-electron chi connectivity index (χ0n) is 16.3. The average molecular weight is 439 g/mol. The van der Waals surface area contributed by atoms with Gasteiger partial charge in [0.2, 0.25) is 17.7 Å². The summed E-state index contributed by atoms with van der Waals surface area (Å²) in [7, 11) is 0. The van der Waals surface area contributed by atoms with Gasteiger partial charge >= 0.3 is 5.97 Å². The maximum absolute atomic E-state index is 12.7. The summed E-state index contributed by atoms with van der Waals surface area (Å²) in [5.74, 6) is -2.82. The van der Waals surface area contributed by atoms with E-state index < -0.39 is 36.4 Å². The molecule has 10 nitrogen and oxygen atoms in total. The lowest BCUT2D eigenvalue weighted by atomic mass is 10.0. The summed E-state index contributed by atoms with van der Waals surface area (Å²) in [4.78, 5) is 48.0. The summed E-state index contributed by atoms with van der Waals surface area (Å²) in [5, 5.41) is 28.8. The number of aliphatic carboxylic acids is 1. The molecule has 1 aliphatic heterocycles. The zero-order chi connectivity index (χ0) is 22.1. The van der Waals surface area contributed by atoms with Crippen LogP contribution in [0.3, 0.4) is 0 Å². The second kappa shape index (κ2) is 11.4. The zero-order valence-corrected chi connectivity index (χ0v) is 17.2. The number of rotatable bonds is 10. The molecule has 11 heteroatoms. The number of nitrogens with one attached hydrogen (secondary N) is 4. The lowest BCUT2D eigenvalue weighted by Crippen LogP contribution is -2.54. The molecule has 0 saturated carbocycles. The van der Waals surface area contributed by atoms with Crippen molar-refractivity contribution in [1.29, 1.82) is 0 Å². The van der Waals surface area contributed by atoms with Crippen LogP contribution in [0.4, 0.5) is 0 Å². The number of carboxylic acid groups (broad SMARTS) is 1. The maximum atomic E-state index is 12.7. The molecule has 1 fully saturated rings. The summed E-state index contributed by atoms with van der Waals surface area (Å²) in [6.45, 7) is 0.281. The van der Waals surface area contributed by atoms with Gasteiger partial charge in [-0.3, -0.25) is 14.4 Å². The first kappa shape index (κ1) is 23.5. The molecule has 0 bridgehead atoms. The van der Waals surface area contributed by atoms with Crippen LogP contribution >= 0.6 is 12.6 Å². The number of phenolic OH excluding ortho intramolecular Hbond substituents is 1. The van der Waals surface area contributed by atoms with Crippen molar-refractivity contribution in [2.24, 2.45) is 0 Å². The highest BCUT2D eigenvalue weighted by Crippen LogP contribution is 2.12. The van der Waals surface area contributed by atoms with Gasteiger partial charge in [0.05, 0.1) is 12.6 Å². The Balaban J connectivity index is 1.99. The molecule has 2 rings (SSSR count). The Hall–Kier alpha value is -2.79. The van der Waals surface area contributed by atoms with Crippen LogP contribution in [0.1, 0.15) is 18.4 Å². The van der Waals surface area contributed by atoms with E-state index in [9.17, 15) is 24.3 Å². The fourth-order valence-corrected chi connectivity index (χ4v) is 3.23. The van der Waals surface area contributed by atoms with Crippen LogP contribution in [0.25, 0.3) is 0 Å². The molecule has 1 aromatic carbocycles. The number of benzene rings is 1. The quantitative estimate of drug-likeness (QED) is 0.226. The molecule has 0 radical (unpaired) electrons. The van der Waals surface area contributed by atoms with Crippen molar-refractivity contribution in [3.05, 3.63) is 29.8 Å². The monoisotopic (exact) mass is 438 g/mol. The molecule has 3 amide bonds. The molecule has 1 saturated heterocycles. The molecule has 3 unspecified atom stereocenters. The standard InChI is InChI=1S/C19H26N4O6S/c24-12-5-3-11(4-6-12)8-14(23-18(27)13-2-1-7-20-13)17(26)21-9-16(25)22-15(10-30)19(28)29/h3-6,13-15,20,24,30H,1-2,7-10H2,(H,21,26)(H,22,25)(H,23,27)(H,28,29). The van der Waals surface area contributed by atoms with Crippen molar-refractivity contribution in [1.82, 2.24) is 21.3 Å². The minimum absolute atomic E-state index is 0.0767. The van der Waals surface area contributed by atoms with Crippen molar-refractivity contribution in [2.45, 2.75) is 37.4 Å². The summed E-state index contributed by atoms with van der Waals surface area (Å²) in [6.07, 6.45) is 1.69. The van der Waals surface area contributed by atoms with Crippen molar-refractivity contribution >= 4 is 36.3 Å². The van der Waals surface area contributed by atoms with E-state index >= 15 is 0 Å². The highest BCUT2D eigenvalue weighted by atomic mass is 32.1. The summed E-state index contributed by atoms with van der Waals surface area (Å²) in [5.41, 5.74) is 0.707.